The van der Waals surface area contributed by atoms with Crippen molar-refractivity contribution in [3.63, 3.8) is 0 Å². The van der Waals surface area contributed by atoms with E-state index in [0.29, 0.717) is 18.5 Å². The van der Waals surface area contributed by atoms with E-state index in [0.717, 1.165) is 13.1 Å². The highest BCUT2D eigenvalue weighted by Crippen LogP contribution is 2.12. The van der Waals surface area contributed by atoms with Crippen LogP contribution in [0.15, 0.2) is 0 Å². The molecule has 14 heavy (non-hydrogen) atoms. The molecule has 0 radical (unpaired) electrons. The first-order chi connectivity index (χ1) is 6.75. The molecule has 1 amide bonds. The monoisotopic (exact) mass is 197 g/mol. The molecule has 0 spiro atoms. The second-order valence-electron chi connectivity index (χ2n) is 4.39. The van der Waals surface area contributed by atoms with Gasteiger partial charge in [0, 0.05) is 18.5 Å². The number of amides is 1. The number of carbonyl (C=O) groups is 1. The van der Waals surface area contributed by atoms with E-state index in [1.807, 2.05) is 6.92 Å². The molecule has 2 saturated heterocycles. The van der Waals surface area contributed by atoms with Gasteiger partial charge in [-0.15, -0.1) is 0 Å². The number of hydrazine groups is 1. The van der Waals surface area contributed by atoms with Gasteiger partial charge >= 0.3 is 0 Å². The number of hydrogen-bond acceptors (Lipinski definition) is 3. The van der Waals surface area contributed by atoms with Gasteiger partial charge in [0.05, 0.1) is 6.54 Å². The predicted molar refractivity (Wildman–Crippen MR) is 54.6 cm³/mol. The number of nitrogens with one attached hydrogen (secondary N) is 2. The van der Waals surface area contributed by atoms with Crippen LogP contribution in [0.2, 0.25) is 0 Å². The molecule has 0 aromatic heterocycles. The third-order valence-corrected chi connectivity index (χ3v) is 2.97. The van der Waals surface area contributed by atoms with E-state index in [1.54, 1.807) is 5.01 Å². The zero-order valence-corrected chi connectivity index (χ0v) is 8.75. The molecule has 4 heteroatoms. The van der Waals surface area contributed by atoms with Gasteiger partial charge in [0.1, 0.15) is 0 Å². The van der Waals surface area contributed by atoms with Crippen LogP contribution < -0.4 is 10.7 Å². The predicted octanol–water partition coefficient (Wildman–Crippen LogP) is 0.254. The van der Waals surface area contributed by atoms with E-state index in [1.165, 1.54) is 19.3 Å². The van der Waals surface area contributed by atoms with E-state index in [9.17, 15) is 4.79 Å². The Labute approximate surface area is 85.0 Å². The lowest BCUT2D eigenvalue weighted by atomic mass is 10.1. The molecule has 0 aromatic carbocycles. The van der Waals surface area contributed by atoms with E-state index in [4.69, 9.17) is 0 Å². The van der Waals surface area contributed by atoms with Gasteiger partial charge in [-0.2, -0.15) is 0 Å². The summed E-state index contributed by atoms with van der Waals surface area (Å²) < 4.78 is 0. The van der Waals surface area contributed by atoms with Crippen molar-refractivity contribution in [3.05, 3.63) is 0 Å². The van der Waals surface area contributed by atoms with Crippen LogP contribution in [0.25, 0.3) is 0 Å². The minimum atomic E-state index is 0.241. The first-order valence-corrected chi connectivity index (χ1v) is 5.55. The largest absolute Gasteiger partial charge is 0.312 e. The molecule has 2 aliphatic heterocycles. The molecule has 2 atom stereocenters. The van der Waals surface area contributed by atoms with Crippen molar-refractivity contribution < 1.29 is 4.79 Å². The van der Waals surface area contributed by atoms with E-state index in [-0.39, 0.29) is 5.91 Å². The molecule has 2 N–H and O–H groups in total. The second kappa shape index (κ2) is 4.28. The number of carbonyl (C=O) groups excluding carboxylic acids is 1. The van der Waals surface area contributed by atoms with Gasteiger partial charge in [-0.3, -0.25) is 9.80 Å². The topological polar surface area (TPSA) is 44.4 Å². The Morgan fingerprint density at radius 1 is 1.50 bits per heavy atom. The zero-order chi connectivity index (χ0) is 9.97. The van der Waals surface area contributed by atoms with Crippen molar-refractivity contribution in [1.29, 1.82) is 0 Å². The highest BCUT2D eigenvalue weighted by atomic mass is 16.2. The van der Waals surface area contributed by atoms with E-state index < -0.39 is 0 Å². The van der Waals surface area contributed by atoms with Gasteiger partial charge in [-0.1, -0.05) is 6.42 Å². The van der Waals surface area contributed by atoms with Gasteiger partial charge in [-0.05, 0) is 26.3 Å². The number of nitrogens with zero attached hydrogens (tertiary/aromatic N) is 1. The smallest absolute Gasteiger partial charge is 0.238 e. The summed E-state index contributed by atoms with van der Waals surface area (Å²) in [7, 11) is 0. The molecule has 80 valence electrons. The van der Waals surface area contributed by atoms with E-state index >= 15 is 0 Å². The maximum absolute atomic E-state index is 11.5. The third-order valence-electron chi connectivity index (χ3n) is 2.97. The van der Waals surface area contributed by atoms with Crippen LogP contribution in [0.1, 0.15) is 32.6 Å². The van der Waals surface area contributed by atoms with Crippen LogP contribution in [0.5, 0.6) is 0 Å². The van der Waals surface area contributed by atoms with Gasteiger partial charge in [0.2, 0.25) is 5.91 Å². The van der Waals surface area contributed by atoms with Crippen LogP contribution in [-0.2, 0) is 4.79 Å². The summed E-state index contributed by atoms with van der Waals surface area (Å²) in [5.41, 5.74) is 3.19. The summed E-state index contributed by atoms with van der Waals surface area (Å²) in [5.74, 6) is 0.241. The SMILES string of the molecule is CC1CC(=O)N(CC2CCCCN2)N1. The van der Waals surface area contributed by atoms with Gasteiger partial charge in [0.15, 0.2) is 0 Å². The van der Waals surface area contributed by atoms with Crippen LogP contribution >= 0.6 is 0 Å². The van der Waals surface area contributed by atoms with Crippen molar-refractivity contribution in [2.75, 3.05) is 13.1 Å². The molecule has 0 saturated carbocycles. The molecule has 0 bridgehead atoms. The molecular formula is C10H19N3O. The highest BCUT2D eigenvalue weighted by molar-refractivity contribution is 5.78. The molecule has 2 fully saturated rings. The first kappa shape index (κ1) is 9.93. The standard InChI is InChI=1S/C10H19N3O/c1-8-6-10(14)13(12-8)7-9-4-2-3-5-11-9/h8-9,11-12H,2-7H2,1H3. The fourth-order valence-corrected chi connectivity index (χ4v) is 2.21. The molecule has 2 unspecified atom stereocenters. The van der Waals surface area contributed by atoms with Crippen LogP contribution in [0.3, 0.4) is 0 Å². The normalized spacial score (nSPS) is 33.8. The average Bonchev–Trinajstić information content (AvgIpc) is 2.47. The van der Waals surface area contributed by atoms with Gasteiger partial charge < -0.3 is 5.32 Å². The minimum absolute atomic E-state index is 0.241. The fourth-order valence-electron chi connectivity index (χ4n) is 2.21. The Bertz CT molecular complexity index is 213. The Morgan fingerprint density at radius 3 is 2.93 bits per heavy atom. The lowest BCUT2D eigenvalue weighted by Gasteiger charge is -2.28. The second-order valence-corrected chi connectivity index (χ2v) is 4.39. The van der Waals surface area contributed by atoms with Crippen LogP contribution in [0.4, 0.5) is 0 Å². The quantitative estimate of drug-likeness (QED) is 0.667. The van der Waals surface area contributed by atoms with Gasteiger partial charge in [0.25, 0.3) is 0 Å². The third kappa shape index (κ3) is 2.25. The first-order valence-electron chi connectivity index (χ1n) is 5.55. The Morgan fingerprint density at radius 2 is 2.36 bits per heavy atom. The summed E-state index contributed by atoms with van der Waals surface area (Å²) >= 11 is 0. The van der Waals surface area contributed by atoms with E-state index in [2.05, 4.69) is 10.7 Å². The molecule has 0 aliphatic carbocycles. The van der Waals surface area contributed by atoms with Crippen molar-refractivity contribution >= 4 is 5.91 Å². The number of rotatable bonds is 2. The van der Waals surface area contributed by atoms with Crippen molar-refractivity contribution in [1.82, 2.24) is 15.8 Å². The fraction of sp³-hybridized carbons (Fsp3) is 0.900. The Balaban J connectivity index is 1.81. The van der Waals surface area contributed by atoms with Gasteiger partial charge in [-0.25, -0.2) is 5.43 Å². The Kier molecular flexibility index (Phi) is 3.03. The summed E-state index contributed by atoms with van der Waals surface area (Å²) in [4.78, 5) is 11.5. The lowest BCUT2D eigenvalue weighted by molar-refractivity contribution is -0.129. The molecule has 2 rings (SSSR count). The summed E-state index contributed by atoms with van der Waals surface area (Å²) in [5, 5.41) is 5.23. The highest BCUT2D eigenvalue weighted by Gasteiger charge is 2.28. The molecule has 4 nitrogen and oxygen atoms in total. The maximum Gasteiger partial charge on any atom is 0.238 e. The average molecular weight is 197 g/mol. The minimum Gasteiger partial charge on any atom is -0.312 e. The lowest BCUT2D eigenvalue weighted by Crippen LogP contribution is -2.48. The van der Waals surface area contributed by atoms with Crippen molar-refractivity contribution in [2.24, 2.45) is 0 Å². The van der Waals surface area contributed by atoms with Crippen LogP contribution in [0, 0.1) is 0 Å². The molecule has 2 aliphatic rings. The summed E-state index contributed by atoms with van der Waals surface area (Å²) in [6.45, 7) is 3.97. The number of piperidine rings is 1. The van der Waals surface area contributed by atoms with Crippen molar-refractivity contribution in [2.45, 2.75) is 44.7 Å². The molecule has 2 heterocycles. The molecular weight excluding hydrogens is 178 g/mol. The van der Waals surface area contributed by atoms with Crippen LogP contribution in [-0.4, -0.2) is 36.1 Å². The summed E-state index contributed by atoms with van der Waals surface area (Å²) in [6, 6.07) is 0.802. The Hall–Kier alpha value is -0.610. The maximum atomic E-state index is 11.5. The zero-order valence-electron chi connectivity index (χ0n) is 8.75. The summed E-state index contributed by atoms with van der Waals surface area (Å²) in [6.07, 6.45) is 4.40. The molecule has 0 aromatic rings. The van der Waals surface area contributed by atoms with Crippen molar-refractivity contribution in [3.8, 4) is 0 Å². The number of hydrogen-bond donors (Lipinski definition) is 2.